The van der Waals surface area contributed by atoms with E-state index in [1.807, 2.05) is 32.7 Å². The Balaban J connectivity index is 0.00000484. The molecule has 0 spiro atoms. The summed E-state index contributed by atoms with van der Waals surface area (Å²) in [6, 6.07) is 0. The molecular formula is C17H35IN4O. The molecule has 0 bridgehead atoms. The number of nitrogens with one attached hydrogen (secondary N) is 2. The number of likely N-dealkylation sites (N-methyl/N-ethyl adjacent to an activating group) is 1. The molecule has 136 valence electrons. The summed E-state index contributed by atoms with van der Waals surface area (Å²) in [5, 5.41) is 6.45. The number of carbonyl (C=O) groups excluding carboxylic acids is 1. The molecule has 0 aromatic carbocycles. The second kappa shape index (κ2) is 9.69. The first-order valence-corrected chi connectivity index (χ1v) is 8.44. The van der Waals surface area contributed by atoms with E-state index in [0.717, 1.165) is 12.5 Å². The van der Waals surface area contributed by atoms with Crippen molar-refractivity contribution in [3.63, 3.8) is 0 Å². The first-order chi connectivity index (χ1) is 10.2. The highest BCUT2D eigenvalue weighted by Gasteiger charge is 2.32. The standard InChI is InChI=1S/C17H34N4O.HI/c1-7-17(10-8-9-11-17)13-19-15(18-5)21(6)12-14(22)20-16(2,3)4;/h7-13H2,1-6H3,(H,18,19)(H,20,22);1H. The number of hydrogen-bond acceptors (Lipinski definition) is 2. The van der Waals surface area contributed by atoms with Crippen molar-refractivity contribution < 1.29 is 4.79 Å². The quantitative estimate of drug-likeness (QED) is 0.394. The van der Waals surface area contributed by atoms with Gasteiger partial charge in [-0.1, -0.05) is 19.8 Å². The Bertz CT molecular complexity index is 398. The number of hydrogen-bond donors (Lipinski definition) is 2. The van der Waals surface area contributed by atoms with Crippen molar-refractivity contribution in [1.82, 2.24) is 15.5 Å². The van der Waals surface area contributed by atoms with Gasteiger partial charge >= 0.3 is 0 Å². The van der Waals surface area contributed by atoms with Gasteiger partial charge in [0.05, 0.1) is 6.54 Å². The molecular weight excluding hydrogens is 403 g/mol. The maximum atomic E-state index is 12.0. The summed E-state index contributed by atoms with van der Waals surface area (Å²) in [6.45, 7) is 9.50. The highest BCUT2D eigenvalue weighted by atomic mass is 127. The second-order valence-corrected chi connectivity index (χ2v) is 7.62. The summed E-state index contributed by atoms with van der Waals surface area (Å²) in [7, 11) is 3.68. The third kappa shape index (κ3) is 7.72. The lowest BCUT2D eigenvalue weighted by Gasteiger charge is -2.31. The van der Waals surface area contributed by atoms with Gasteiger partial charge in [0.1, 0.15) is 0 Å². The van der Waals surface area contributed by atoms with E-state index < -0.39 is 0 Å². The Kier molecular flexibility index (Phi) is 9.47. The molecule has 1 amide bonds. The van der Waals surface area contributed by atoms with Gasteiger partial charge in [-0.3, -0.25) is 9.79 Å². The lowest BCUT2D eigenvalue weighted by atomic mass is 9.83. The average Bonchev–Trinajstić information content (AvgIpc) is 2.86. The van der Waals surface area contributed by atoms with Crippen LogP contribution in [0.4, 0.5) is 0 Å². The number of amides is 1. The highest BCUT2D eigenvalue weighted by molar-refractivity contribution is 14.0. The summed E-state index contributed by atoms with van der Waals surface area (Å²) >= 11 is 0. The Hall–Kier alpha value is -0.530. The molecule has 5 nitrogen and oxygen atoms in total. The maximum Gasteiger partial charge on any atom is 0.240 e. The molecule has 0 unspecified atom stereocenters. The fourth-order valence-corrected chi connectivity index (χ4v) is 3.18. The summed E-state index contributed by atoms with van der Waals surface area (Å²) in [5.41, 5.74) is 0.204. The molecule has 0 atom stereocenters. The minimum Gasteiger partial charge on any atom is -0.356 e. The molecule has 1 rings (SSSR count). The van der Waals surface area contributed by atoms with Crippen LogP contribution in [-0.4, -0.2) is 49.5 Å². The van der Waals surface area contributed by atoms with E-state index in [1.54, 1.807) is 7.05 Å². The molecule has 0 aliphatic heterocycles. The Morgan fingerprint density at radius 2 is 1.83 bits per heavy atom. The molecule has 0 aromatic heterocycles. The highest BCUT2D eigenvalue weighted by Crippen LogP contribution is 2.40. The number of rotatable bonds is 5. The number of aliphatic imine (C=N–C) groups is 1. The zero-order chi connectivity index (χ0) is 16.8. The minimum atomic E-state index is -0.203. The first kappa shape index (κ1) is 22.5. The summed E-state index contributed by atoms with van der Waals surface area (Å²) in [6.07, 6.45) is 6.45. The third-order valence-electron chi connectivity index (χ3n) is 4.50. The number of guanidine groups is 1. The zero-order valence-electron chi connectivity index (χ0n) is 15.7. The predicted octanol–water partition coefficient (Wildman–Crippen LogP) is 3.00. The van der Waals surface area contributed by atoms with Crippen LogP contribution in [0.5, 0.6) is 0 Å². The van der Waals surface area contributed by atoms with E-state index in [0.29, 0.717) is 12.0 Å². The Morgan fingerprint density at radius 3 is 2.26 bits per heavy atom. The van der Waals surface area contributed by atoms with E-state index in [2.05, 4.69) is 22.5 Å². The third-order valence-corrected chi connectivity index (χ3v) is 4.50. The lowest BCUT2D eigenvalue weighted by molar-refractivity contribution is -0.122. The van der Waals surface area contributed by atoms with Gasteiger partial charge in [-0.05, 0) is 45.4 Å². The van der Waals surface area contributed by atoms with Crippen LogP contribution >= 0.6 is 24.0 Å². The summed E-state index contributed by atoms with van der Waals surface area (Å²) in [5.74, 6) is 0.813. The van der Waals surface area contributed by atoms with Crippen LogP contribution in [0.3, 0.4) is 0 Å². The van der Waals surface area contributed by atoms with Crippen LogP contribution < -0.4 is 10.6 Å². The predicted molar refractivity (Wildman–Crippen MR) is 108 cm³/mol. The van der Waals surface area contributed by atoms with E-state index in [1.165, 1.54) is 32.1 Å². The maximum absolute atomic E-state index is 12.0. The van der Waals surface area contributed by atoms with Crippen molar-refractivity contribution in [2.75, 3.05) is 27.2 Å². The molecule has 0 radical (unpaired) electrons. The fourth-order valence-electron chi connectivity index (χ4n) is 3.18. The first-order valence-electron chi connectivity index (χ1n) is 8.44. The van der Waals surface area contributed by atoms with Crippen LogP contribution in [0, 0.1) is 5.41 Å². The molecule has 23 heavy (non-hydrogen) atoms. The van der Waals surface area contributed by atoms with Gasteiger partial charge in [0.25, 0.3) is 0 Å². The monoisotopic (exact) mass is 438 g/mol. The van der Waals surface area contributed by atoms with Crippen molar-refractivity contribution in [3.8, 4) is 0 Å². The minimum absolute atomic E-state index is 0. The van der Waals surface area contributed by atoms with Crippen molar-refractivity contribution >= 4 is 35.8 Å². The van der Waals surface area contributed by atoms with E-state index in [9.17, 15) is 4.79 Å². The normalized spacial score (nSPS) is 17.4. The van der Waals surface area contributed by atoms with Gasteiger partial charge in [-0.15, -0.1) is 24.0 Å². The van der Waals surface area contributed by atoms with Crippen molar-refractivity contribution in [1.29, 1.82) is 0 Å². The second-order valence-electron chi connectivity index (χ2n) is 7.62. The Labute approximate surface area is 159 Å². The summed E-state index contributed by atoms with van der Waals surface area (Å²) in [4.78, 5) is 18.2. The largest absolute Gasteiger partial charge is 0.356 e. The SMILES string of the molecule is CCC1(CNC(=NC)N(C)CC(=O)NC(C)(C)C)CCCC1.I. The molecule has 1 saturated carbocycles. The molecule has 0 heterocycles. The Morgan fingerprint density at radius 1 is 1.26 bits per heavy atom. The van der Waals surface area contributed by atoms with Gasteiger partial charge in [0, 0.05) is 26.2 Å². The van der Waals surface area contributed by atoms with Crippen LogP contribution in [0.25, 0.3) is 0 Å². The van der Waals surface area contributed by atoms with Crippen LogP contribution in [0.2, 0.25) is 0 Å². The van der Waals surface area contributed by atoms with E-state index in [-0.39, 0.29) is 35.4 Å². The number of halogens is 1. The topological polar surface area (TPSA) is 56.7 Å². The lowest BCUT2D eigenvalue weighted by Crippen LogP contribution is -2.50. The zero-order valence-corrected chi connectivity index (χ0v) is 18.0. The number of nitrogens with zero attached hydrogens (tertiary/aromatic N) is 2. The van der Waals surface area contributed by atoms with Gasteiger partial charge in [0.15, 0.2) is 5.96 Å². The molecule has 6 heteroatoms. The van der Waals surface area contributed by atoms with Gasteiger partial charge in [-0.25, -0.2) is 0 Å². The van der Waals surface area contributed by atoms with Crippen molar-refractivity contribution in [2.45, 2.75) is 65.3 Å². The van der Waals surface area contributed by atoms with Crippen molar-refractivity contribution in [3.05, 3.63) is 0 Å². The summed E-state index contributed by atoms with van der Waals surface area (Å²) < 4.78 is 0. The molecule has 0 aromatic rings. The average molecular weight is 438 g/mol. The van der Waals surface area contributed by atoms with Gasteiger partial charge < -0.3 is 15.5 Å². The van der Waals surface area contributed by atoms with E-state index in [4.69, 9.17) is 0 Å². The van der Waals surface area contributed by atoms with Crippen LogP contribution in [-0.2, 0) is 4.79 Å². The van der Waals surface area contributed by atoms with Gasteiger partial charge in [0.2, 0.25) is 5.91 Å². The van der Waals surface area contributed by atoms with Crippen molar-refractivity contribution in [2.24, 2.45) is 10.4 Å². The smallest absolute Gasteiger partial charge is 0.240 e. The fraction of sp³-hybridized carbons (Fsp3) is 0.882. The van der Waals surface area contributed by atoms with Crippen LogP contribution in [0.15, 0.2) is 4.99 Å². The molecule has 1 aliphatic carbocycles. The van der Waals surface area contributed by atoms with E-state index >= 15 is 0 Å². The molecule has 1 aliphatic rings. The van der Waals surface area contributed by atoms with Crippen LogP contribution in [0.1, 0.15) is 59.8 Å². The molecule has 1 fully saturated rings. The molecule has 0 saturated heterocycles. The molecule has 2 N–H and O–H groups in total. The number of carbonyl (C=O) groups is 1. The van der Waals surface area contributed by atoms with Gasteiger partial charge in [-0.2, -0.15) is 0 Å².